The Balaban J connectivity index is 3.06. The number of rotatable bonds is 6. The second-order valence-corrected chi connectivity index (χ2v) is 4.61. The molecule has 0 atom stereocenters. The van der Waals surface area contributed by atoms with E-state index in [1.165, 1.54) is 22.5 Å². The first kappa shape index (κ1) is 13.9. The predicted octanol–water partition coefficient (Wildman–Crippen LogP) is 5.09. The Kier molecular flexibility index (Phi) is 6.49. The monoisotopic (exact) mass is 244 g/mol. The van der Waals surface area contributed by atoms with Crippen LogP contribution < -0.4 is 0 Å². The fourth-order valence-corrected chi connectivity index (χ4v) is 2.37. The average Bonchev–Trinajstić information content (AvgIpc) is 2.36. The van der Waals surface area contributed by atoms with Crippen molar-refractivity contribution >= 4 is 16.7 Å². The van der Waals surface area contributed by atoms with Crippen molar-refractivity contribution in [3.05, 3.63) is 66.3 Å². The van der Waals surface area contributed by atoms with E-state index in [9.17, 15) is 0 Å². The highest BCUT2D eigenvalue weighted by Gasteiger charge is 2.04. The number of thioether (sulfide) groups is 1. The summed E-state index contributed by atoms with van der Waals surface area (Å²) in [7, 11) is 0. The Labute approximate surface area is 109 Å². The molecule has 0 spiro atoms. The van der Waals surface area contributed by atoms with Gasteiger partial charge in [-0.1, -0.05) is 62.4 Å². The van der Waals surface area contributed by atoms with Crippen LogP contribution >= 0.6 is 11.8 Å². The van der Waals surface area contributed by atoms with Crippen LogP contribution in [-0.4, -0.2) is 6.26 Å². The Morgan fingerprint density at radius 3 is 2.71 bits per heavy atom. The first-order chi connectivity index (χ1) is 8.33. The van der Waals surface area contributed by atoms with E-state index in [1.807, 2.05) is 12.2 Å². The Morgan fingerprint density at radius 1 is 1.29 bits per heavy atom. The summed E-state index contributed by atoms with van der Waals surface area (Å²) in [5.41, 5.74) is 2.79. The van der Waals surface area contributed by atoms with Gasteiger partial charge >= 0.3 is 0 Å². The molecule has 0 saturated heterocycles. The van der Waals surface area contributed by atoms with Gasteiger partial charge in [-0.25, -0.2) is 0 Å². The van der Waals surface area contributed by atoms with E-state index in [4.69, 9.17) is 0 Å². The lowest BCUT2D eigenvalue weighted by atomic mass is 10.0. The van der Waals surface area contributed by atoms with Gasteiger partial charge in [0.1, 0.15) is 0 Å². The third-order valence-corrected chi connectivity index (χ3v) is 3.31. The first-order valence-corrected chi connectivity index (χ1v) is 7.17. The largest absolute Gasteiger partial charge is 0.129 e. The summed E-state index contributed by atoms with van der Waals surface area (Å²) in [5, 5.41) is 0. The second kappa shape index (κ2) is 7.97. The maximum atomic E-state index is 3.68. The van der Waals surface area contributed by atoms with Crippen LogP contribution in [0.4, 0.5) is 0 Å². The molecule has 0 aliphatic rings. The predicted molar refractivity (Wildman–Crippen MR) is 81.3 cm³/mol. The molecular formula is C16H20S. The molecular weight excluding hydrogens is 224 g/mol. The molecule has 0 amide bonds. The molecule has 0 aliphatic heterocycles. The molecule has 0 heterocycles. The van der Waals surface area contributed by atoms with Crippen molar-refractivity contribution in [3.8, 4) is 0 Å². The van der Waals surface area contributed by atoms with Crippen molar-refractivity contribution in [1.29, 1.82) is 0 Å². The third-order valence-electron chi connectivity index (χ3n) is 2.52. The fourth-order valence-electron chi connectivity index (χ4n) is 1.74. The van der Waals surface area contributed by atoms with E-state index < -0.39 is 0 Å². The molecule has 0 aliphatic carbocycles. The lowest BCUT2D eigenvalue weighted by Crippen LogP contribution is -1.90. The van der Waals surface area contributed by atoms with E-state index in [0.29, 0.717) is 0 Å². The van der Waals surface area contributed by atoms with Gasteiger partial charge in [-0.15, -0.1) is 11.8 Å². The summed E-state index contributed by atoms with van der Waals surface area (Å²) in [6.45, 7) is 5.90. The highest BCUT2D eigenvalue weighted by molar-refractivity contribution is 8.07. The number of benzene rings is 1. The van der Waals surface area contributed by atoms with Gasteiger partial charge in [-0.2, -0.15) is 0 Å². The maximum absolute atomic E-state index is 3.68. The molecule has 1 aromatic carbocycles. The van der Waals surface area contributed by atoms with Gasteiger partial charge in [0.2, 0.25) is 0 Å². The van der Waals surface area contributed by atoms with Crippen LogP contribution in [0.5, 0.6) is 0 Å². The van der Waals surface area contributed by atoms with Gasteiger partial charge in [0.15, 0.2) is 0 Å². The summed E-state index contributed by atoms with van der Waals surface area (Å²) in [4.78, 5) is 1.31. The zero-order chi connectivity index (χ0) is 12.5. The zero-order valence-electron chi connectivity index (χ0n) is 10.6. The molecule has 0 fully saturated rings. The van der Waals surface area contributed by atoms with Gasteiger partial charge in [0.05, 0.1) is 0 Å². The van der Waals surface area contributed by atoms with Gasteiger partial charge in [-0.05, 0) is 29.9 Å². The highest BCUT2D eigenvalue weighted by Crippen LogP contribution is 2.28. The standard InChI is InChI=1S/C16H20S/c1-4-6-7-13-16(17-3)15-12-9-8-11-14(15)10-5-2/h4,6-9,11-13H,1,5,10H2,2-3H3/b7-6+,16-13-. The average molecular weight is 244 g/mol. The van der Waals surface area contributed by atoms with Crippen LogP contribution in [0, 0.1) is 0 Å². The van der Waals surface area contributed by atoms with Crippen molar-refractivity contribution in [2.45, 2.75) is 19.8 Å². The van der Waals surface area contributed by atoms with Crippen molar-refractivity contribution in [3.63, 3.8) is 0 Å². The SMILES string of the molecule is C=C/C=C/C=C(\SC)c1ccccc1CCC. The normalized spacial score (nSPS) is 12.0. The first-order valence-electron chi connectivity index (χ1n) is 5.95. The maximum Gasteiger partial charge on any atom is 0.0144 e. The van der Waals surface area contributed by atoms with E-state index in [0.717, 1.165) is 6.42 Å². The van der Waals surface area contributed by atoms with Crippen LogP contribution in [0.15, 0.2) is 55.1 Å². The molecule has 0 unspecified atom stereocenters. The number of hydrogen-bond acceptors (Lipinski definition) is 1. The molecule has 0 nitrogen and oxygen atoms in total. The molecule has 90 valence electrons. The van der Waals surface area contributed by atoms with Crippen LogP contribution in [0.1, 0.15) is 24.5 Å². The summed E-state index contributed by atoms with van der Waals surface area (Å²) in [5.74, 6) is 0. The van der Waals surface area contributed by atoms with Gasteiger partial charge in [0.25, 0.3) is 0 Å². The lowest BCUT2D eigenvalue weighted by molar-refractivity contribution is 0.919. The molecule has 0 aromatic heterocycles. The summed E-state index contributed by atoms with van der Waals surface area (Å²) >= 11 is 1.79. The molecule has 0 bridgehead atoms. The van der Waals surface area contributed by atoms with Crippen molar-refractivity contribution in [1.82, 2.24) is 0 Å². The van der Waals surface area contributed by atoms with Crippen molar-refractivity contribution < 1.29 is 0 Å². The van der Waals surface area contributed by atoms with Crippen LogP contribution in [0.2, 0.25) is 0 Å². The molecule has 1 rings (SSSR count). The minimum absolute atomic E-state index is 1.14. The minimum atomic E-state index is 1.14. The van der Waals surface area contributed by atoms with E-state index in [1.54, 1.807) is 17.8 Å². The second-order valence-electron chi connectivity index (χ2n) is 3.76. The van der Waals surface area contributed by atoms with Crippen molar-refractivity contribution in [2.75, 3.05) is 6.26 Å². The quantitative estimate of drug-likeness (QED) is 0.628. The third kappa shape index (κ3) is 4.27. The zero-order valence-corrected chi connectivity index (χ0v) is 11.5. The van der Waals surface area contributed by atoms with Gasteiger partial charge in [0, 0.05) is 4.91 Å². The van der Waals surface area contributed by atoms with Crippen LogP contribution in [-0.2, 0) is 6.42 Å². The van der Waals surface area contributed by atoms with E-state index in [2.05, 4.69) is 50.1 Å². The number of aryl methyl sites for hydroxylation is 1. The Hall–Kier alpha value is -1.21. The molecule has 0 saturated carbocycles. The summed E-state index contributed by atoms with van der Waals surface area (Å²) in [6, 6.07) is 8.65. The van der Waals surface area contributed by atoms with Gasteiger partial charge < -0.3 is 0 Å². The summed E-state index contributed by atoms with van der Waals surface area (Å²) < 4.78 is 0. The fraction of sp³-hybridized carbons (Fsp3) is 0.250. The highest BCUT2D eigenvalue weighted by atomic mass is 32.2. The van der Waals surface area contributed by atoms with Crippen molar-refractivity contribution in [2.24, 2.45) is 0 Å². The van der Waals surface area contributed by atoms with Gasteiger partial charge in [-0.3, -0.25) is 0 Å². The minimum Gasteiger partial charge on any atom is -0.129 e. The van der Waals surface area contributed by atoms with Crippen LogP contribution in [0.25, 0.3) is 4.91 Å². The smallest absolute Gasteiger partial charge is 0.0144 e. The van der Waals surface area contributed by atoms with E-state index in [-0.39, 0.29) is 0 Å². The molecule has 17 heavy (non-hydrogen) atoms. The molecule has 0 N–H and O–H groups in total. The van der Waals surface area contributed by atoms with Crippen LogP contribution in [0.3, 0.4) is 0 Å². The molecule has 0 radical (unpaired) electrons. The molecule has 1 aromatic rings. The number of hydrogen-bond donors (Lipinski definition) is 0. The van der Waals surface area contributed by atoms with E-state index >= 15 is 0 Å². The Bertz CT molecular complexity index is 413. The molecule has 1 heteroatoms. The topological polar surface area (TPSA) is 0 Å². The Morgan fingerprint density at radius 2 is 2.06 bits per heavy atom. The number of allylic oxidation sites excluding steroid dienone is 4. The lowest BCUT2D eigenvalue weighted by Gasteiger charge is -2.10. The summed E-state index contributed by atoms with van der Waals surface area (Å²) in [6.07, 6.45) is 12.4.